The second-order valence-corrected chi connectivity index (χ2v) is 7.78. The summed E-state index contributed by atoms with van der Waals surface area (Å²) in [7, 11) is 1.66. The summed E-state index contributed by atoms with van der Waals surface area (Å²) in [5.74, 6) is 1.26. The van der Waals surface area contributed by atoms with Gasteiger partial charge >= 0.3 is 0 Å². The Labute approximate surface area is 181 Å². The fourth-order valence-electron chi connectivity index (χ4n) is 4.05. The lowest BCUT2D eigenvalue weighted by Crippen LogP contribution is -2.30. The van der Waals surface area contributed by atoms with Gasteiger partial charge in [-0.25, -0.2) is 4.39 Å². The van der Waals surface area contributed by atoms with Gasteiger partial charge in [-0.15, -0.1) is 0 Å². The average Bonchev–Trinajstić information content (AvgIpc) is 3.16. The van der Waals surface area contributed by atoms with Gasteiger partial charge in [0.1, 0.15) is 23.4 Å². The summed E-state index contributed by atoms with van der Waals surface area (Å²) < 4.78 is 26.6. The lowest BCUT2D eigenvalue weighted by Gasteiger charge is -2.28. The van der Waals surface area contributed by atoms with Crippen molar-refractivity contribution in [1.29, 1.82) is 0 Å². The maximum Gasteiger partial charge on any atom is 0.161 e. The van der Waals surface area contributed by atoms with Crippen LogP contribution in [0.5, 0.6) is 11.5 Å². The molecule has 4 rings (SSSR count). The zero-order chi connectivity index (χ0) is 21.8. The molecular formula is C25H27FN2O3. The number of rotatable bonds is 8. The van der Waals surface area contributed by atoms with E-state index in [1.807, 2.05) is 24.4 Å². The van der Waals surface area contributed by atoms with Gasteiger partial charge in [-0.1, -0.05) is 12.1 Å². The second-order valence-electron chi connectivity index (χ2n) is 7.78. The number of ketones is 1. The van der Waals surface area contributed by atoms with E-state index in [1.54, 1.807) is 26.2 Å². The van der Waals surface area contributed by atoms with Crippen LogP contribution in [0.3, 0.4) is 0 Å². The molecule has 0 bridgehead atoms. The lowest BCUT2D eigenvalue weighted by molar-refractivity contribution is 0.101. The third kappa shape index (κ3) is 4.74. The van der Waals surface area contributed by atoms with Crippen molar-refractivity contribution < 1.29 is 18.7 Å². The third-order valence-electron chi connectivity index (χ3n) is 5.62. The summed E-state index contributed by atoms with van der Waals surface area (Å²) in [6.07, 6.45) is 7.88. The van der Waals surface area contributed by atoms with Crippen LogP contribution in [0.25, 0.3) is 10.9 Å². The molecular weight excluding hydrogens is 395 g/mol. The number of aromatic nitrogens is 1. The number of carbonyl (C=O) groups excluding carboxylic acids is 1. The quantitative estimate of drug-likeness (QED) is 0.477. The first-order valence-corrected chi connectivity index (χ1v) is 10.6. The maximum atomic E-state index is 13.0. The number of halogens is 1. The molecule has 0 N–H and O–H groups in total. The molecule has 0 radical (unpaired) electrons. The fraction of sp³-hybridized carbons (Fsp3) is 0.320. The number of benzene rings is 2. The molecule has 1 atom stereocenters. The number of aryl methyl sites for hydroxylation is 1. The number of Topliss-reactive ketones (excluding diaryl/α,β-unsaturated/α-hetero) is 1. The molecule has 1 aliphatic rings. The van der Waals surface area contributed by atoms with Crippen molar-refractivity contribution in [2.24, 2.45) is 0 Å². The molecule has 6 heteroatoms. The number of ether oxygens (including phenoxy) is 2. The van der Waals surface area contributed by atoms with E-state index in [0.29, 0.717) is 5.75 Å². The van der Waals surface area contributed by atoms with Crippen LogP contribution in [0.1, 0.15) is 30.1 Å². The molecule has 31 heavy (non-hydrogen) atoms. The normalized spacial score (nSPS) is 16.0. The van der Waals surface area contributed by atoms with Gasteiger partial charge in [0.25, 0.3) is 0 Å². The SMILES string of the molecule is COc1cccc2c(C(C)=O)cn(CCCN3C=CC(Oc4ccc(F)cc4)CC3)c12. The van der Waals surface area contributed by atoms with Crippen LogP contribution in [0, 0.1) is 5.82 Å². The fourth-order valence-corrected chi connectivity index (χ4v) is 4.05. The van der Waals surface area contributed by atoms with Crippen LogP contribution in [0.4, 0.5) is 4.39 Å². The molecule has 2 aromatic carbocycles. The van der Waals surface area contributed by atoms with E-state index in [4.69, 9.17) is 9.47 Å². The first-order valence-electron chi connectivity index (χ1n) is 10.6. The van der Waals surface area contributed by atoms with Crippen LogP contribution in [0.15, 0.2) is 60.9 Å². The first kappa shape index (κ1) is 21.0. The van der Waals surface area contributed by atoms with E-state index in [0.717, 1.165) is 54.7 Å². The zero-order valence-corrected chi connectivity index (χ0v) is 17.9. The number of para-hydroxylation sites is 1. The monoisotopic (exact) mass is 422 g/mol. The topological polar surface area (TPSA) is 43.7 Å². The summed E-state index contributed by atoms with van der Waals surface area (Å²) in [6, 6.07) is 11.9. The summed E-state index contributed by atoms with van der Waals surface area (Å²) in [6.45, 7) is 4.20. The largest absolute Gasteiger partial charge is 0.495 e. The van der Waals surface area contributed by atoms with E-state index < -0.39 is 0 Å². The van der Waals surface area contributed by atoms with Crippen molar-refractivity contribution >= 4 is 16.7 Å². The Morgan fingerprint density at radius 2 is 1.97 bits per heavy atom. The highest BCUT2D eigenvalue weighted by Gasteiger charge is 2.17. The summed E-state index contributed by atoms with van der Waals surface area (Å²) in [5, 5.41) is 0.936. The van der Waals surface area contributed by atoms with Gasteiger partial charge in [-0.3, -0.25) is 4.79 Å². The first-order chi connectivity index (χ1) is 15.0. The van der Waals surface area contributed by atoms with Crippen molar-refractivity contribution in [3.05, 3.63) is 72.3 Å². The molecule has 0 aliphatic carbocycles. The zero-order valence-electron chi connectivity index (χ0n) is 17.9. The van der Waals surface area contributed by atoms with E-state index >= 15 is 0 Å². The minimum atomic E-state index is -0.263. The number of fused-ring (bicyclic) bond motifs is 1. The highest BCUT2D eigenvalue weighted by atomic mass is 19.1. The van der Waals surface area contributed by atoms with Crippen LogP contribution in [0.2, 0.25) is 0 Å². The van der Waals surface area contributed by atoms with Crippen molar-refractivity contribution in [3.63, 3.8) is 0 Å². The Morgan fingerprint density at radius 1 is 1.16 bits per heavy atom. The minimum absolute atomic E-state index is 0.00232. The van der Waals surface area contributed by atoms with Crippen molar-refractivity contribution in [1.82, 2.24) is 9.47 Å². The molecule has 1 aliphatic heterocycles. The molecule has 1 unspecified atom stereocenters. The summed E-state index contributed by atoms with van der Waals surface area (Å²) in [5.41, 5.74) is 1.70. The van der Waals surface area contributed by atoms with Gasteiger partial charge in [-0.2, -0.15) is 0 Å². The lowest BCUT2D eigenvalue weighted by atomic mass is 10.1. The van der Waals surface area contributed by atoms with Gasteiger partial charge in [0.05, 0.1) is 12.6 Å². The molecule has 0 spiro atoms. The molecule has 0 saturated heterocycles. The van der Waals surface area contributed by atoms with Gasteiger partial charge in [0.15, 0.2) is 5.78 Å². The smallest absolute Gasteiger partial charge is 0.161 e. The van der Waals surface area contributed by atoms with E-state index in [2.05, 4.69) is 21.7 Å². The van der Waals surface area contributed by atoms with Gasteiger partial charge < -0.3 is 18.9 Å². The van der Waals surface area contributed by atoms with Crippen LogP contribution in [-0.2, 0) is 6.54 Å². The van der Waals surface area contributed by atoms with Crippen LogP contribution < -0.4 is 9.47 Å². The Morgan fingerprint density at radius 3 is 2.65 bits per heavy atom. The predicted molar refractivity (Wildman–Crippen MR) is 119 cm³/mol. The van der Waals surface area contributed by atoms with Crippen molar-refractivity contribution in [3.8, 4) is 11.5 Å². The number of carbonyl (C=O) groups is 1. The molecule has 3 aromatic rings. The molecule has 0 fully saturated rings. The Kier molecular flexibility index (Phi) is 6.26. The molecule has 1 aromatic heterocycles. The van der Waals surface area contributed by atoms with E-state index in [1.165, 1.54) is 12.1 Å². The Balaban J connectivity index is 1.36. The number of methoxy groups -OCH3 is 1. The minimum Gasteiger partial charge on any atom is -0.495 e. The number of hydrogen-bond acceptors (Lipinski definition) is 4. The molecule has 162 valence electrons. The van der Waals surface area contributed by atoms with Gasteiger partial charge in [-0.05, 0) is 56.0 Å². The highest BCUT2D eigenvalue weighted by molar-refractivity contribution is 6.08. The molecule has 0 amide bonds. The number of hydrogen-bond donors (Lipinski definition) is 0. The van der Waals surface area contributed by atoms with E-state index in [9.17, 15) is 9.18 Å². The van der Waals surface area contributed by atoms with E-state index in [-0.39, 0.29) is 17.7 Å². The van der Waals surface area contributed by atoms with Crippen molar-refractivity contribution in [2.75, 3.05) is 20.2 Å². The van der Waals surface area contributed by atoms with Crippen LogP contribution in [-0.4, -0.2) is 41.6 Å². The predicted octanol–water partition coefficient (Wildman–Crippen LogP) is 5.05. The molecule has 0 saturated carbocycles. The third-order valence-corrected chi connectivity index (χ3v) is 5.62. The van der Waals surface area contributed by atoms with Gasteiger partial charge in [0.2, 0.25) is 0 Å². The standard InChI is InChI=1S/C25H27FN2O3/c1-18(29)23-17-28(25-22(23)5-3-6-24(25)30-2)14-4-13-27-15-11-21(12-16-27)31-20-9-7-19(26)8-10-20/h3,5-11,15,17,21H,4,12-14,16H2,1-2H3. The second kappa shape index (κ2) is 9.25. The number of nitrogens with zero attached hydrogens (tertiary/aromatic N) is 2. The van der Waals surface area contributed by atoms with Crippen molar-refractivity contribution in [2.45, 2.75) is 32.4 Å². The maximum absolute atomic E-state index is 13.0. The molecule has 5 nitrogen and oxygen atoms in total. The molecule has 2 heterocycles. The highest BCUT2D eigenvalue weighted by Crippen LogP contribution is 2.30. The summed E-state index contributed by atoms with van der Waals surface area (Å²) in [4.78, 5) is 14.3. The van der Waals surface area contributed by atoms with Crippen LogP contribution >= 0.6 is 0 Å². The van der Waals surface area contributed by atoms with Gasteiger partial charge in [0, 0.05) is 43.2 Å². The average molecular weight is 423 g/mol. The Hall–Kier alpha value is -3.28. The summed E-state index contributed by atoms with van der Waals surface area (Å²) >= 11 is 0. The Bertz CT molecular complexity index is 1090.